The van der Waals surface area contributed by atoms with Crippen molar-refractivity contribution in [2.24, 2.45) is 11.8 Å². The molecule has 0 aromatic heterocycles. The summed E-state index contributed by atoms with van der Waals surface area (Å²) in [5.74, 6) is 1.08. The van der Waals surface area contributed by atoms with Gasteiger partial charge in [-0.2, -0.15) is 0 Å². The number of rotatable bonds is 6. The maximum Gasteiger partial charge on any atom is 0.326 e. The van der Waals surface area contributed by atoms with E-state index >= 15 is 0 Å². The molecule has 0 aromatic rings. The number of hydrogen-bond acceptors (Lipinski definition) is 4. The van der Waals surface area contributed by atoms with E-state index in [1.165, 1.54) is 13.5 Å². The van der Waals surface area contributed by atoms with E-state index in [1.807, 2.05) is 0 Å². The molecule has 0 spiro atoms. The highest BCUT2D eigenvalue weighted by Gasteiger charge is 2.43. The monoisotopic (exact) mass is 257 g/mol. The molecule has 2 unspecified atom stereocenters. The Morgan fingerprint density at radius 1 is 1.44 bits per heavy atom. The largest absolute Gasteiger partial charge is 0.468 e. The summed E-state index contributed by atoms with van der Waals surface area (Å²) in [4.78, 5) is 12.1. The van der Waals surface area contributed by atoms with E-state index in [0.717, 1.165) is 19.3 Å². The standard InChI is InChI=1S/C14H27NO3/c1-11(2)12-6-5-7-14(10-12,13(16)18-4)15-8-9-17-3/h11-12,15H,5-10H2,1-4H3. The van der Waals surface area contributed by atoms with E-state index in [2.05, 4.69) is 19.2 Å². The van der Waals surface area contributed by atoms with Gasteiger partial charge in [0.25, 0.3) is 0 Å². The Hall–Kier alpha value is -0.610. The van der Waals surface area contributed by atoms with Gasteiger partial charge in [0.05, 0.1) is 13.7 Å². The van der Waals surface area contributed by atoms with Gasteiger partial charge in [-0.15, -0.1) is 0 Å². The van der Waals surface area contributed by atoms with Crippen LogP contribution in [0.15, 0.2) is 0 Å². The maximum atomic E-state index is 12.1. The van der Waals surface area contributed by atoms with Gasteiger partial charge in [-0.05, 0) is 24.7 Å². The third kappa shape index (κ3) is 3.69. The SMILES string of the molecule is COCCNC1(C(=O)OC)CCCC(C(C)C)C1. The van der Waals surface area contributed by atoms with Gasteiger partial charge in [0.2, 0.25) is 0 Å². The molecule has 1 fully saturated rings. The molecule has 0 heterocycles. The molecule has 4 nitrogen and oxygen atoms in total. The topological polar surface area (TPSA) is 47.6 Å². The Balaban J connectivity index is 2.73. The van der Waals surface area contributed by atoms with Gasteiger partial charge >= 0.3 is 5.97 Å². The highest BCUT2D eigenvalue weighted by Crippen LogP contribution is 2.37. The first kappa shape index (κ1) is 15.4. The van der Waals surface area contributed by atoms with Crippen molar-refractivity contribution < 1.29 is 14.3 Å². The van der Waals surface area contributed by atoms with Gasteiger partial charge in [0.1, 0.15) is 5.54 Å². The molecule has 0 bridgehead atoms. The summed E-state index contributed by atoms with van der Waals surface area (Å²) >= 11 is 0. The maximum absolute atomic E-state index is 12.1. The van der Waals surface area contributed by atoms with Crippen LogP contribution in [0.5, 0.6) is 0 Å². The molecule has 1 N–H and O–H groups in total. The third-order valence-corrected chi connectivity index (χ3v) is 4.08. The Kier molecular flexibility index (Phi) is 6.09. The van der Waals surface area contributed by atoms with Crippen LogP contribution in [0.2, 0.25) is 0 Å². The zero-order chi connectivity index (χ0) is 13.6. The fourth-order valence-corrected chi connectivity index (χ4v) is 2.89. The highest BCUT2D eigenvalue weighted by molar-refractivity contribution is 5.81. The molecule has 0 aromatic carbocycles. The molecule has 0 radical (unpaired) electrons. The summed E-state index contributed by atoms with van der Waals surface area (Å²) in [6.07, 6.45) is 4.04. The number of ether oxygens (including phenoxy) is 2. The lowest BCUT2D eigenvalue weighted by Gasteiger charge is -2.40. The van der Waals surface area contributed by atoms with Crippen LogP contribution in [-0.4, -0.2) is 38.9 Å². The second kappa shape index (κ2) is 7.10. The quantitative estimate of drug-likeness (QED) is 0.584. The van der Waals surface area contributed by atoms with E-state index in [-0.39, 0.29) is 5.97 Å². The predicted octanol–water partition coefficient (Wildman–Crippen LogP) is 1.98. The van der Waals surface area contributed by atoms with Gasteiger partial charge in [-0.25, -0.2) is 0 Å². The summed E-state index contributed by atoms with van der Waals surface area (Å²) in [6, 6.07) is 0. The van der Waals surface area contributed by atoms with Gasteiger partial charge in [0.15, 0.2) is 0 Å². The average molecular weight is 257 g/mol. The first-order valence-electron chi connectivity index (χ1n) is 6.88. The van der Waals surface area contributed by atoms with Crippen LogP contribution in [0.3, 0.4) is 0 Å². The zero-order valence-electron chi connectivity index (χ0n) is 12.1. The van der Waals surface area contributed by atoms with Crippen molar-refractivity contribution in [1.82, 2.24) is 5.32 Å². The van der Waals surface area contributed by atoms with Crippen molar-refractivity contribution in [1.29, 1.82) is 0 Å². The van der Waals surface area contributed by atoms with Gasteiger partial charge in [-0.3, -0.25) is 10.1 Å². The lowest BCUT2D eigenvalue weighted by molar-refractivity contribution is -0.151. The molecule has 4 heteroatoms. The van der Waals surface area contributed by atoms with Crippen LogP contribution >= 0.6 is 0 Å². The second-order valence-corrected chi connectivity index (χ2v) is 5.59. The first-order chi connectivity index (χ1) is 8.55. The van der Waals surface area contributed by atoms with Crippen LogP contribution in [0.25, 0.3) is 0 Å². The van der Waals surface area contributed by atoms with E-state index in [1.54, 1.807) is 7.11 Å². The van der Waals surface area contributed by atoms with Gasteiger partial charge < -0.3 is 9.47 Å². The average Bonchev–Trinajstić information content (AvgIpc) is 2.38. The van der Waals surface area contributed by atoms with Crippen molar-refractivity contribution >= 4 is 5.97 Å². The van der Waals surface area contributed by atoms with Crippen LogP contribution in [0, 0.1) is 11.8 Å². The molecule has 0 aliphatic heterocycles. The minimum Gasteiger partial charge on any atom is -0.468 e. The fourth-order valence-electron chi connectivity index (χ4n) is 2.89. The number of carbonyl (C=O) groups excluding carboxylic acids is 1. The lowest BCUT2D eigenvalue weighted by atomic mass is 9.71. The minimum absolute atomic E-state index is 0.121. The summed E-state index contributed by atoms with van der Waals surface area (Å²) in [5, 5.41) is 3.37. The summed E-state index contributed by atoms with van der Waals surface area (Å²) in [6.45, 7) is 5.77. The van der Waals surface area contributed by atoms with Crippen LogP contribution in [0.1, 0.15) is 39.5 Å². The fraction of sp³-hybridized carbons (Fsp3) is 0.929. The molecule has 0 amide bonds. The minimum atomic E-state index is -0.500. The Bertz CT molecular complexity index is 268. The smallest absolute Gasteiger partial charge is 0.326 e. The molecular weight excluding hydrogens is 230 g/mol. The normalized spacial score (nSPS) is 28.4. The zero-order valence-corrected chi connectivity index (χ0v) is 12.1. The molecule has 106 valence electrons. The molecule has 1 aliphatic carbocycles. The summed E-state index contributed by atoms with van der Waals surface area (Å²) < 4.78 is 10.1. The van der Waals surface area contributed by atoms with E-state index in [0.29, 0.717) is 25.0 Å². The first-order valence-corrected chi connectivity index (χ1v) is 6.88. The molecule has 1 aliphatic rings. The highest BCUT2D eigenvalue weighted by atomic mass is 16.5. The van der Waals surface area contributed by atoms with Crippen molar-refractivity contribution in [3.05, 3.63) is 0 Å². The lowest BCUT2D eigenvalue weighted by Crippen LogP contribution is -2.56. The van der Waals surface area contributed by atoms with Gasteiger partial charge in [-0.1, -0.05) is 26.7 Å². The van der Waals surface area contributed by atoms with Crippen LogP contribution < -0.4 is 5.32 Å². The summed E-state index contributed by atoms with van der Waals surface area (Å²) in [7, 11) is 3.14. The van der Waals surface area contributed by atoms with E-state index in [9.17, 15) is 4.79 Å². The Morgan fingerprint density at radius 3 is 2.72 bits per heavy atom. The molecule has 0 saturated heterocycles. The number of nitrogens with one attached hydrogen (secondary N) is 1. The van der Waals surface area contributed by atoms with Crippen LogP contribution in [-0.2, 0) is 14.3 Å². The third-order valence-electron chi connectivity index (χ3n) is 4.08. The molecule has 18 heavy (non-hydrogen) atoms. The molecule has 2 atom stereocenters. The van der Waals surface area contributed by atoms with Crippen molar-refractivity contribution in [2.75, 3.05) is 27.4 Å². The second-order valence-electron chi connectivity index (χ2n) is 5.59. The van der Waals surface area contributed by atoms with Crippen molar-refractivity contribution in [3.63, 3.8) is 0 Å². The number of carbonyl (C=O) groups is 1. The Labute approximate surface area is 110 Å². The number of methoxy groups -OCH3 is 2. The molecular formula is C14H27NO3. The molecule has 1 saturated carbocycles. The van der Waals surface area contributed by atoms with E-state index < -0.39 is 5.54 Å². The van der Waals surface area contributed by atoms with Crippen molar-refractivity contribution in [2.45, 2.75) is 45.1 Å². The number of hydrogen-bond donors (Lipinski definition) is 1. The van der Waals surface area contributed by atoms with E-state index in [4.69, 9.17) is 9.47 Å². The summed E-state index contributed by atoms with van der Waals surface area (Å²) in [5.41, 5.74) is -0.500. The number of esters is 1. The van der Waals surface area contributed by atoms with Crippen LogP contribution in [0.4, 0.5) is 0 Å². The molecule has 1 rings (SSSR count). The van der Waals surface area contributed by atoms with Crippen molar-refractivity contribution in [3.8, 4) is 0 Å². The Morgan fingerprint density at radius 2 is 2.17 bits per heavy atom. The predicted molar refractivity (Wildman–Crippen MR) is 71.4 cm³/mol. The van der Waals surface area contributed by atoms with Gasteiger partial charge in [0, 0.05) is 13.7 Å².